The Morgan fingerprint density at radius 1 is 1.50 bits per heavy atom. The van der Waals surface area contributed by atoms with Crippen LogP contribution in [0.1, 0.15) is 25.8 Å². The Labute approximate surface area is 113 Å². The standard InChI is InChI=1S/C14H20ClNO2/c1-14(2)13(17)6-7-16(14)9-10-4-5-12(18-3)11(15)8-10/h4-5,8,13,17H,6-7,9H2,1-3H3. The van der Waals surface area contributed by atoms with Gasteiger partial charge in [0.1, 0.15) is 5.75 Å². The second-order valence-electron chi connectivity index (χ2n) is 5.35. The average Bonchev–Trinajstić information content (AvgIpc) is 2.56. The molecule has 0 bridgehead atoms. The number of aliphatic hydroxyl groups is 1. The van der Waals surface area contributed by atoms with Gasteiger partial charge in [0.25, 0.3) is 0 Å². The molecule has 1 aromatic carbocycles. The van der Waals surface area contributed by atoms with Crippen LogP contribution in [0.5, 0.6) is 5.75 Å². The van der Waals surface area contributed by atoms with Crippen molar-refractivity contribution < 1.29 is 9.84 Å². The molecule has 1 N–H and O–H groups in total. The molecule has 0 aliphatic carbocycles. The molecule has 1 aliphatic rings. The number of aliphatic hydroxyl groups excluding tert-OH is 1. The molecule has 1 aromatic rings. The van der Waals surface area contributed by atoms with Gasteiger partial charge < -0.3 is 9.84 Å². The molecule has 0 saturated carbocycles. The zero-order chi connectivity index (χ0) is 13.3. The van der Waals surface area contributed by atoms with Crippen LogP contribution in [0, 0.1) is 0 Å². The molecule has 1 atom stereocenters. The highest BCUT2D eigenvalue weighted by atomic mass is 35.5. The smallest absolute Gasteiger partial charge is 0.137 e. The van der Waals surface area contributed by atoms with Crippen LogP contribution in [0.3, 0.4) is 0 Å². The van der Waals surface area contributed by atoms with Crippen LogP contribution in [0.15, 0.2) is 18.2 Å². The van der Waals surface area contributed by atoms with Crippen molar-refractivity contribution in [2.45, 2.75) is 38.5 Å². The van der Waals surface area contributed by atoms with Gasteiger partial charge >= 0.3 is 0 Å². The molecular formula is C14H20ClNO2. The van der Waals surface area contributed by atoms with E-state index in [0.717, 1.165) is 25.1 Å². The Bertz CT molecular complexity index is 434. The van der Waals surface area contributed by atoms with Crippen LogP contribution in [0.25, 0.3) is 0 Å². The molecule has 1 aliphatic heterocycles. The molecule has 0 aromatic heterocycles. The number of halogens is 1. The maximum absolute atomic E-state index is 9.95. The first-order valence-corrected chi connectivity index (χ1v) is 6.58. The largest absolute Gasteiger partial charge is 0.495 e. The lowest BCUT2D eigenvalue weighted by Crippen LogP contribution is -2.44. The summed E-state index contributed by atoms with van der Waals surface area (Å²) in [6.45, 7) is 5.87. The topological polar surface area (TPSA) is 32.7 Å². The number of benzene rings is 1. The second kappa shape index (κ2) is 5.08. The van der Waals surface area contributed by atoms with Gasteiger partial charge in [0.15, 0.2) is 0 Å². The Morgan fingerprint density at radius 3 is 2.72 bits per heavy atom. The van der Waals surface area contributed by atoms with Crippen molar-refractivity contribution in [3.8, 4) is 5.75 Å². The average molecular weight is 270 g/mol. The van der Waals surface area contributed by atoms with E-state index in [-0.39, 0.29) is 11.6 Å². The summed E-state index contributed by atoms with van der Waals surface area (Å²) in [6, 6.07) is 5.84. The van der Waals surface area contributed by atoms with Gasteiger partial charge in [-0.25, -0.2) is 0 Å². The van der Waals surface area contributed by atoms with E-state index >= 15 is 0 Å². The van der Waals surface area contributed by atoms with Gasteiger partial charge in [-0.1, -0.05) is 17.7 Å². The minimum absolute atomic E-state index is 0.174. The fourth-order valence-corrected chi connectivity index (χ4v) is 2.72. The van der Waals surface area contributed by atoms with Crippen LogP contribution < -0.4 is 4.74 Å². The van der Waals surface area contributed by atoms with Gasteiger partial charge in [0.05, 0.1) is 18.2 Å². The first-order valence-electron chi connectivity index (χ1n) is 6.20. The molecule has 1 heterocycles. The first kappa shape index (κ1) is 13.7. The van der Waals surface area contributed by atoms with E-state index < -0.39 is 0 Å². The quantitative estimate of drug-likeness (QED) is 0.916. The van der Waals surface area contributed by atoms with Crippen LogP contribution in [-0.2, 0) is 6.54 Å². The summed E-state index contributed by atoms with van der Waals surface area (Å²) in [7, 11) is 1.61. The van der Waals surface area contributed by atoms with Gasteiger partial charge in [-0.05, 0) is 38.0 Å². The minimum Gasteiger partial charge on any atom is -0.495 e. The molecule has 100 valence electrons. The Balaban J connectivity index is 2.13. The highest BCUT2D eigenvalue weighted by Gasteiger charge is 2.39. The maximum Gasteiger partial charge on any atom is 0.137 e. The van der Waals surface area contributed by atoms with Crippen LogP contribution in [0.2, 0.25) is 5.02 Å². The zero-order valence-electron chi connectivity index (χ0n) is 11.1. The summed E-state index contributed by atoms with van der Waals surface area (Å²) in [5, 5.41) is 10.6. The summed E-state index contributed by atoms with van der Waals surface area (Å²) in [5.74, 6) is 0.695. The molecule has 0 spiro atoms. The summed E-state index contributed by atoms with van der Waals surface area (Å²) in [5.41, 5.74) is 0.967. The molecule has 1 saturated heterocycles. The highest BCUT2D eigenvalue weighted by Crippen LogP contribution is 2.32. The van der Waals surface area contributed by atoms with E-state index in [1.807, 2.05) is 18.2 Å². The minimum atomic E-state index is -0.258. The van der Waals surface area contributed by atoms with Crippen molar-refractivity contribution in [1.29, 1.82) is 0 Å². The lowest BCUT2D eigenvalue weighted by Gasteiger charge is -2.33. The summed E-state index contributed by atoms with van der Waals surface area (Å²) in [4.78, 5) is 2.29. The third kappa shape index (κ3) is 2.48. The van der Waals surface area contributed by atoms with Crippen molar-refractivity contribution >= 4 is 11.6 Å². The molecular weight excluding hydrogens is 250 g/mol. The van der Waals surface area contributed by atoms with Crippen LogP contribution in [0.4, 0.5) is 0 Å². The van der Waals surface area contributed by atoms with Crippen molar-refractivity contribution in [3.05, 3.63) is 28.8 Å². The summed E-state index contributed by atoms with van der Waals surface area (Å²) in [6.07, 6.45) is 0.572. The van der Waals surface area contributed by atoms with Crippen molar-refractivity contribution in [2.24, 2.45) is 0 Å². The third-order valence-electron chi connectivity index (χ3n) is 3.89. The molecule has 0 radical (unpaired) electrons. The van der Waals surface area contributed by atoms with Gasteiger partial charge in [-0.15, -0.1) is 0 Å². The van der Waals surface area contributed by atoms with E-state index in [0.29, 0.717) is 10.8 Å². The van der Waals surface area contributed by atoms with Gasteiger partial charge in [-0.2, -0.15) is 0 Å². The molecule has 3 nitrogen and oxygen atoms in total. The third-order valence-corrected chi connectivity index (χ3v) is 4.19. The molecule has 18 heavy (non-hydrogen) atoms. The molecule has 4 heteroatoms. The molecule has 1 unspecified atom stereocenters. The second-order valence-corrected chi connectivity index (χ2v) is 5.76. The van der Waals surface area contributed by atoms with Crippen LogP contribution in [-0.4, -0.2) is 35.3 Å². The Morgan fingerprint density at radius 2 is 2.22 bits per heavy atom. The number of methoxy groups -OCH3 is 1. The number of ether oxygens (including phenoxy) is 1. The first-order chi connectivity index (χ1) is 8.45. The Hall–Kier alpha value is -0.770. The molecule has 0 amide bonds. The van der Waals surface area contributed by atoms with Crippen molar-refractivity contribution in [3.63, 3.8) is 0 Å². The fourth-order valence-electron chi connectivity index (χ4n) is 2.44. The predicted molar refractivity (Wildman–Crippen MR) is 73.1 cm³/mol. The predicted octanol–water partition coefficient (Wildman–Crippen LogP) is 2.69. The van der Waals surface area contributed by atoms with Crippen LogP contribution >= 0.6 is 11.6 Å². The SMILES string of the molecule is COc1ccc(CN2CCC(O)C2(C)C)cc1Cl. The normalized spacial score (nSPS) is 23.3. The monoisotopic (exact) mass is 269 g/mol. The maximum atomic E-state index is 9.95. The summed E-state index contributed by atoms with van der Waals surface area (Å²) >= 11 is 6.12. The van der Waals surface area contributed by atoms with Gasteiger partial charge in [0, 0.05) is 18.6 Å². The summed E-state index contributed by atoms with van der Waals surface area (Å²) < 4.78 is 5.14. The zero-order valence-corrected chi connectivity index (χ0v) is 11.9. The number of hydrogen-bond acceptors (Lipinski definition) is 3. The van der Waals surface area contributed by atoms with E-state index in [1.54, 1.807) is 7.11 Å². The fraction of sp³-hybridized carbons (Fsp3) is 0.571. The van der Waals surface area contributed by atoms with Gasteiger partial charge in [-0.3, -0.25) is 4.90 Å². The Kier molecular flexibility index (Phi) is 3.85. The number of likely N-dealkylation sites (tertiary alicyclic amines) is 1. The number of nitrogens with zero attached hydrogens (tertiary/aromatic N) is 1. The lowest BCUT2D eigenvalue weighted by molar-refractivity contribution is 0.0506. The lowest BCUT2D eigenvalue weighted by atomic mass is 9.98. The molecule has 1 fully saturated rings. The number of rotatable bonds is 3. The van der Waals surface area contributed by atoms with E-state index in [1.165, 1.54) is 0 Å². The van der Waals surface area contributed by atoms with Gasteiger partial charge in [0.2, 0.25) is 0 Å². The highest BCUT2D eigenvalue weighted by molar-refractivity contribution is 6.32. The van der Waals surface area contributed by atoms with Crippen molar-refractivity contribution in [1.82, 2.24) is 4.90 Å². The van der Waals surface area contributed by atoms with Crippen molar-refractivity contribution in [2.75, 3.05) is 13.7 Å². The van der Waals surface area contributed by atoms with E-state index in [4.69, 9.17) is 16.3 Å². The van der Waals surface area contributed by atoms with E-state index in [2.05, 4.69) is 18.7 Å². The van der Waals surface area contributed by atoms with E-state index in [9.17, 15) is 5.11 Å². The molecule has 2 rings (SSSR count). The number of hydrogen-bond donors (Lipinski definition) is 1.